The number of hydrogen-bond acceptors (Lipinski definition) is 7. The summed E-state index contributed by atoms with van der Waals surface area (Å²) in [7, 11) is 3.37. The van der Waals surface area contributed by atoms with E-state index < -0.39 is 0 Å². The van der Waals surface area contributed by atoms with E-state index in [4.69, 9.17) is 0 Å². The highest BCUT2D eigenvalue weighted by molar-refractivity contribution is 5.95. The van der Waals surface area contributed by atoms with Crippen molar-refractivity contribution < 1.29 is 14.4 Å². The maximum atomic E-state index is 13.4. The number of aryl methyl sites for hydroxylation is 1. The Morgan fingerprint density at radius 2 is 1.69 bits per heavy atom. The third-order valence-electron chi connectivity index (χ3n) is 6.19. The summed E-state index contributed by atoms with van der Waals surface area (Å²) in [5, 5.41) is 9.69. The van der Waals surface area contributed by atoms with Crippen LogP contribution in [-0.4, -0.2) is 74.6 Å². The van der Waals surface area contributed by atoms with E-state index in [1.165, 1.54) is 11.1 Å². The Kier molecular flexibility index (Phi) is 9.80. The number of anilines is 1. The van der Waals surface area contributed by atoms with Crippen molar-refractivity contribution in [3.05, 3.63) is 64.7 Å². The smallest absolute Gasteiger partial charge is 0.265 e. The zero-order chi connectivity index (χ0) is 26.1. The molecule has 0 saturated heterocycles. The Labute approximate surface area is 212 Å². The van der Waals surface area contributed by atoms with Crippen LogP contribution < -0.4 is 26.4 Å². The summed E-state index contributed by atoms with van der Waals surface area (Å²) in [5.41, 5.74) is 9.54. The molecule has 0 atom stereocenters. The number of rotatable bonds is 12. The Morgan fingerprint density at radius 3 is 2.33 bits per heavy atom. The van der Waals surface area contributed by atoms with Crippen molar-refractivity contribution in [3.63, 3.8) is 0 Å². The molecule has 0 fully saturated rings. The molecule has 0 spiro atoms. The predicted molar refractivity (Wildman–Crippen MR) is 140 cm³/mol. The second-order valence-corrected chi connectivity index (χ2v) is 8.77. The number of nitrogens with zero attached hydrogens (tertiary/aromatic N) is 3. The van der Waals surface area contributed by atoms with E-state index in [1.54, 1.807) is 36.1 Å². The van der Waals surface area contributed by atoms with Crippen LogP contribution in [0.15, 0.2) is 42.5 Å². The number of amides is 3. The van der Waals surface area contributed by atoms with Gasteiger partial charge in [-0.15, -0.1) is 0 Å². The molecule has 1 aliphatic rings. The molecule has 3 rings (SSSR count). The van der Waals surface area contributed by atoms with E-state index in [1.807, 2.05) is 37.1 Å². The van der Waals surface area contributed by atoms with Crippen molar-refractivity contribution in [2.45, 2.75) is 26.9 Å². The van der Waals surface area contributed by atoms with Crippen molar-refractivity contribution in [2.24, 2.45) is 0 Å². The number of hydrazine groups is 2. The van der Waals surface area contributed by atoms with E-state index in [0.29, 0.717) is 37.4 Å². The lowest BCUT2D eigenvalue weighted by Gasteiger charge is -2.32. The van der Waals surface area contributed by atoms with Crippen LogP contribution in [0, 0.1) is 6.92 Å². The molecule has 0 aliphatic carbocycles. The Hall–Kier alpha value is -3.47. The van der Waals surface area contributed by atoms with Crippen molar-refractivity contribution in [1.82, 2.24) is 31.5 Å². The summed E-state index contributed by atoms with van der Waals surface area (Å²) in [5.74, 6) is -0.638. The van der Waals surface area contributed by atoms with Gasteiger partial charge < -0.3 is 15.5 Å². The van der Waals surface area contributed by atoms with Gasteiger partial charge in [-0.2, -0.15) is 0 Å². The quantitative estimate of drug-likeness (QED) is 0.255. The van der Waals surface area contributed by atoms with Gasteiger partial charge in [-0.3, -0.25) is 24.8 Å². The molecule has 10 nitrogen and oxygen atoms in total. The molecule has 3 amide bonds. The Bertz CT molecular complexity index is 1050. The highest BCUT2D eigenvalue weighted by Crippen LogP contribution is 2.25. The molecule has 194 valence electrons. The Balaban J connectivity index is 1.77. The molecule has 0 saturated carbocycles. The molecule has 2 aromatic rings. The molecular weight excluding hydrogens is 458 g/mol. The lowest BCUT2D eigenvalue weighted by Crippen LogP contribution is -2.48. The van der Waals surface area contributed by atoms with Crippen LogP contribution in [0.25, 0.3) is 0 Å². The molecule has 0 unspecified atom stereocenters. The predicted octanol–water partition coefficient (Wildman–Crippen LogP) is 0.781. The largest absolute Gasteiger partial charge is 0.353 e. The number of benzene rings is 2. The fourth-order valence-corrected chi connectivity index (χ4v) is 4.15. The molecule has 10 heteroatoms. The maximum Gasteiger partial charge on any atom is 0.265 e. The van der Waals surface area contributed by atoms with Crippen LogP contribution in [0.2, 0.25) is 0 Å². The average Bonchev–Trinajstić information content (AvgIpc) is 3.30. The normalized spacial score (nSPS) is 12.7. The first-order valence-electron chi connectivity index (χ1n) is 12.2. The van der Waals surface area contributed by atoms with Gasteiger partial charge in [0.05, 0.1) is 13.1 Å². The number of carbonyl (C=O) groups excluding carboxylic acids is 3. The molecule has 1 heterocycles. The van der Waals surface area contributed by atoms with Gasteiger partial charge in [-0.05, 0) is 42.3 Å². The first kappa shape index (κ1) is 27.1. The monoisotopic (exact) mass is 495 g/mol. The molecule has 0 aromatic heterocycles. The number of carbonyl (C=O) groups is 3. The van der Waals surface area contributed by atoms with Crippen molar-refractivity contribution >= 4 is 23.4 Å². The minimum absolute atomic E-state index is 0.0100. The minimum Gasteiger partial charge on any atom is -0.353 e. The molecule has 2 aromatic carbocycles. The summed E-state index contributed by atoms with van der Waals surface area (Å²) >= 11 is 0. The highest BCUT2D eigenvalue weighted by atomic mass is 16.2. The third-order valence-corrected chi connectivity index (χ3v) is 6.19. The van der Waals surface area contributed by atoms with Crippen molar-refractivity contribution in [2.75, 3.05) is 51.7 Å². The van der Waals surface area contributed by atoms with E-state index in [9.17, 15) is 14.4 Å². The van der Waals surface area contributed by atoms with Gasteiger partial charge in [0.25, 0.3) is 11.8 Å². The van der Waals surface area contributed by atoms with E-state index >= 15 is 0 Å². The first-order chi connectivity index (χ1) is 17.3. The van der Waals surface area contributed by atoms with Crippen LogP contribution in [0.5, 0.6) is 0 Å². The van der Waals surface area contributed by atoms with Crippen molar-refractivity contribution in [1.29, 1.82) is 0 Å². The molecule has 0 bridgehead atoms. The summed E-state index contributed by atoms with van der Waals surface area (Å²) in [6, 6.07) is 13.4. The number of hydrogen-bond donors (Lipinski definition) is 4. The summed E-state index contributed by atoms with van der Waals surface area (Å²) in [6.45, 7) is 7.17. The average molecular weight is 496 g/mol. The van der Waals surface area contributed by atoms with Crippen LogP contribution in [0.4, 0.5) is 5.69 Å². The fraction of sp³-hybridized carbons (Fsp3) is 0.423. The Morgan fingerprint density at radius 1 is 1.00 bits per heavy atom. The van der Waals surface area contributed by atoms with Gasteiger partial charge in [0.1, 0.15) is 0 Å². The zero-order valence-corrected chi connectivity index (χ0v) is 21.6. The van der Waals surface area contributed by atoms with Crippen molar-refractivity contribution in [3.8, 4) is 0 Å². The number of nitrogens with one attached hydrogen (secondary N) is 4. The first-order valence-corrected chi connectivity index (χ1v) is 12.2. The van der Waals surface area contributed by atoms with E-state index in [2.05, 4.69) is 33.6 Å². The molecule has 0 radical (unpaired) electrons. The van der Waals surface area contributed by atoms with Crippen LogP contribution in [0.3, 0.4) is 0 Å². The van der Waals surface area contributed by atoms with Gasteiger partial charge in [0.2, 0.25) is 5.91 Å². The van der Waals surface area contributed by atoms with Gasteiger partial charge in [0, 0.05) is 51.5 Å². The van der Waals surface area contributed by atoms with Crippen LogP contribution in [-0.2, 0) is 22.7 Å². The fourth-order valence-electron chi connectivity index (χ4n) is 4.15. The van der Waals surface area contributed by atoms with Crippen LogP contribution >= 0.6 is 0 Å². The van der Waals surface area contributed by atoms with Gasteiger partial charge in [0.15, 0.2) is 0 Å². The van der Waals surface area contributed by atoms with Gasteiger partial charge in [-0.25, -0.2) is 10.4 Å². The van der Waals surface area contributed by atoms with Crippen LogP contribution in [0.1, 0.15) is 34.0 Å². The van der Waals surface area contributed by atoms with Gasteiger partial charge in [-0.1, -0.05) is 37.3 Å². The summed E-state index contributed by atoms with van der Waals surface area (Å²) in [4.78, 5) is 40.3. The van der Waals surface area contributed by atoms with E-state index in [0.717, 1.165) is 12.1 Å². The molecule has 1 aliphatic heterocycles. The topological polar surface area (TPSA) is 109 Å². The van der Waals surface area contributed by atoms with Gasteiger partial charge >= 0.3 is 0 Å². The standard InChI is InChI=1S/C26H37N7O3/c1-5-28-12-13-29-24(34)17-32(23-14-20(11-10-19(23)2)26(36)30-27-3)18-25(35)31(4)33-15-21-8-6-7-9-22(21)16-33/h6-11,14,27-28H,5,12-13,15-18H2,1-4H3,(H,29,34)(H,30,36). The lowest BCUT2D eigenvalue weighted by molar-refractivity contribution is -0.145. The molecular formula is C26H37N7O3. The summed E-state index contributed by atoms with van der Waals surface area (Å²) < 4.78 is 0. The van der Waals surface area contributed by atoms with E-state index in [-0.39, 0.29) is 30.8 Å². The number of fused-ring (bicyclic) bond motifs is 1. The molecule has 4 N–H and O–H groups in total. The third kappa shape index (κ3) is 7.03. The zero-order valence-electron chi connectivity index (χ0n) is 21.6. The highest BCUT2D eigenvalue weighted by Gasteiger charge is 2.27. The summed E-state index contributed by atoms with van der Waals surface area (Å²) in [6.07, 6.45) is 0. The minimum atomic E-state index is -0.299. The molecule has 36 heavy (non-hydrogen) atoms. The second-order valence-electron chi connectivity index (χ2n) is 8.77. The second kappa shape index (κ2) is 13.0. The maximum absolute atomic E-state index is 13.4. The SMILES string of the molecule is CCNCCNC(=O)CN(CC(=O)N(C)N1Cc2ccccc2C1)c1cc(C(=O)NNC)ccc1C. The lowest BCUT2D eigenvalue weighted by atomic mass is 10.1. The number of likely N-dealkylation sites (N-methyl/N-ethyl adjacent to an activating group) is 2.